The van der Waals surface area contributed by atoms with Gasteiger partial charge in [-0.25, -0.2) is 9.67 Å². The number of hydrogen-bond acceptors (Lipinski definition) is 6. The summed E-state index contributed by atoms with van der Waals surface area (Å²) in [6.07, 6.45) is 7.13. The first-order valence-corrected chi connectivity index (χ1v) is 12.7. The zero-order valence-corrected chi connectivity index (χ0v) is 20.2. The summed E-state index contributed by atoms with van der Waals surface area (Å²) in [4.78, 5) is 12.2. The number of piperazine rings is 1. The van der Waals surface area contributed by atoms with Crippen LogP contribution in [0.2, 0.25) is 0 Å². The highest BCUT2D eigenvalue weighted by Gasteiger charge is 2.25. The second-order valence-electron chi connectivity index (χ2n) is 9.46. The SMILES string of the molecule is CCc1nn(-c2ccccc2)cc1CN1CCN(c2cccnc2N2CCC(CO)CC2)CC1. The number of rotatable bonds is 7. The number of benzene rings is 1. The minimum Gasteiger partial charge on any atom is -0.396 e. The highest BCUT2D eigenvalue weighted by Crippen LogP contribution is 2.31. The number of aryl methyl sites for hydroxylation is 1. The fourth-order valence-electron chi connectivity index (χ4n) is 5.18. The number of aliphatic hydroxyl groups is 1. The van der Waals surface area contributed by atoms with Gasteiger partial charge in [0.2, 0.25) is 0 Å². The van der Waals surface area contributed by atoms with Gasteiger partial charge >= 0.3 is 0 Å². The van der Waals surface area contributed by atoms with E-state index in [1.807, 2.05) is 16.9 Å². The van der Waals surface area contributed by atoms with Crippen molar-refractivity contribution in [3.8, 4) is 5.69 Å². The molecule has 0 spiro atoms. The Hall–Kier alpha value is -2.90. The summed E-state index contributed by atoms with van der Waals surface area (Å²) in [5.74, 6) is 1.54. The molecule has 34 heavy (non-hydrogen) atoms. The van der Waals surface area contributed by atoms with Crippen LogP contribution in [0.5, 0.6) is 0 Å². The second-order valence-corrected chi connectivity index (χ2v) is 9.46. The molecular weight excluding hydrogens is 424 g/mol. The first kappa shape index (κ1) is 22.9. The van der Waals surface area contributed by atoms with Gasteiger partial charge in [-0.15, -0.1) is 0 Å². The van der Waals surface area contributed by atoms with E-state index in [-0.39, 0.29) is 0 Å². The van der Waals surface area contributed by atoms with E-state index in [1.54, 1.807) is 0 Å². The van der Waals surface area contributed by atoms with Crippen LogP contribution >= 0.6 is 0 Å². The standard InChI is InChI=1S/C27H36N6O/c1-2-25-23(20-33(29-25)24-7-4-3-5-8-24)19-30-15-17-31(18-16-30)26-9-6-12-28-27(26)32-13-10-22(21-34)11-14-32/h3-9,12,20,22,34H,2,10-11,13-19,21H2,1H3. The Morgan fingerprint density at radius 3 is 2.38 bits per heavy atom. The molecule has 7 nitrogen and oxygen atoms in total. The topological polar surface area (TPSA) is 60.7 Å². The summed E-state index contributed by atoms with van der Waals surface area (Å²) in [5, 5.41) is 14.3. The van der Waals surface area contributed by atoms with Gasteiger partial charge in [0.25, 0.3) is 0 Å². The number of piperidine rings is 1. The van der Waals surface area contributed by atoms with E-state index >= 15 is 0 Å². The van der Waals surface area contributed by atoms with E-state index < -0.39 is 0 Å². The van der Waals surface area contributed by atoms with E-state index in [0.29, 0.717) is 12.5 Å². The summed E-state index contributed by atoms with van der Waals surface area (Å²) in [7, 11) is 0. The number of para-hydroxylation sites is 1. The Kier molecular flexibility index (Phi) is 7.11. The van der Waals surface area contributed by atoms with E-state index in [4.69, 9.17) is 10.1 Å². The van der Waals surface area contributed by atoms with Crippen molar-refractivity contribution in [1.29, 1.82) is 0 Å². The number of nitrogens with zero attached hydrogens (tertiary/aromatic N) is 6. The van der Waals surface area contributed by atoms with Gasteiger partial charge < -0.3 is 14.9 Å². The summed E-state index contributed by atoms with van der Waals surface area (Å²) >= 11 is 0. The lowest BCUT2D eigenvalue weighted by atomic mass is 9.98. The van der Waals surface area contributed by atoms with Crippen molar-refractivity contribution in [3.63, 3.8) is 0 Å². The zero-order valence-electron chi connectivity index (χ0n) is 20.2. The molecule has 0 bridgehead atoms. The Morgan fingerprint density at radius 2 is 1.68 bits per heavy atom. The largest absolute Gasteiger partial charge is 0.396 e. The summed E-state index contributed by atoms with van der Waals surface area (Å²) in [5.41, 5.74) is 4.87. The van der Waals surface area contributed by atoms with Gasteiger partial charge in [-0.3, -0.25) is 4.90 Å². The Bertz CT molecular complexity index is 1050. The Balaban J connectivity index is 1.23. The van der Waals surface area contributed by atoms with Crippen molar-refractivity contribution < 1.29 is 5.11 Å². The predicted molar refractivity (Wildman–Crippen MR) is 137 cm³/mol. The highest BCUT2D eigenvalue weighted by molar-refractivity contribution is 5.67. The van der Waals surface area contributed by atoms with Crippen LogP contribution in [-0.2, 0) is 13.0 Å². The third-order valence-electron chi connectivity index (χ3n) is 7.28. The lowest BCUT2D eigenvalue weighted by Gasteiger charge is -2.39. The zero-order chi connectivity index (χ0) is 23.3. The van der Waals surface area contributed by atoms with Crippen LogP contribution in [0.3, 0.4) is 0 Å². The van der Waals surface area contributed by atoms with Crippen LogP contribution in [0.15, 0.2) is 54.9 Å². The van der Waals surface area contributed by atoms with Gasteiger partial charge in [-0.2, -0.15) is 5.10 Å². The summed E-state index contributed by atoms with van der Waals surface area (Å²) in [6, 6.07) is 14.6. The van der Waals surface area contributed by atoms with Crippen molar-refractivity contribution in [2.75, 3.05) is 55.7 Å². The Labute approximate surface area is 202 Å². The average molecular weight is 461 g/mol. The molecule has 2 aliphatic heterocycles. The highest BCUT2D eigenvalue weighted by atomic mass is 16.3. The predicted octanol–water partition coefficient (Wildman–Crippen LogP) is 3.36. The second kappa shape index (κ2) is 10.6. The third kappa shape index (κ3) is 4.95. The van der Waals surface area contributed by atoms with Crippen molar-refractivity contribution in [3.05, 3.63) is 66.1 Å². The molecule has 1 N–H and O–H groups in total. The van der Waals surface area contributed by atoms with Crippen LogP contribution in [-0.4, -0.2) is 70.6 Å². The molecule has 0 atom stereocenters. The lowest BCUT2D eigenvalue weighted by Crippen LogP contribution is -2.47. The molecule has 0 radical (unpaired) electrons. The van der Waals surface area contributed by atoms with Gasteiger partial charge in [-0.1, -0.05) is 25.1 Å². The number of pyridine rings is 1. The van der Waals surface area contributed by atoms with Crippen LogP contribution in [0, 0.1) is 5.92 Å². The van der Waals surface area contributed by atoms with E-state index in [9.17, 15) is 5.11 Å². The molecule has 1 aromatic carbocycles. The lowest BCUT2D eigenvalue weighted by molar-refractivity contribution is 0.202. The number of aliphatic hydroxyl groups excluding tert-OH is 1. The molecule has 5 rings (SSSR count). The summed E-state index contributed by atoms with van der Waals surface area (Å²) < 4.78 is 2.02. The molecule has 2 fully saturated rings. The average Bonchev–Trinajstić information content (AvgIpc) is 3.32. The minimum atomic E-state index is 0.300. The van der Waals surface area contributed by atoms with Crippen LogP contribution in [0.4, 0.5) is 11.5 Å². The van der Waals surface area contributed by atoms with Crippen LogP contribution in [0.25, 0.3) is 5.69 Å². The van der Waals surface area contributed by atoms with Gasteiger partial charge in [0.1, 0.15) is 0 Å². The van der Waals surface area contributed by atoms with Crippen LogP contribution in [0.1, 0.15) is 31.0 Å². The molecule has 180 valence electrons. The van der Waals surface area contributed by atoms with E-state index in [2.05, 4.69) is 64.2 Å². The van der Waals surface area contributed by atoms with Gasteiger partial charge in [0.05, 0.1) is 17.1 Å². The Morgan fingerprint density at radius 1 is 0.912 bits per heavy atom. The molecule has 2 saturated heterocycles. The van der Waals surface area contributed by atoms with Gasteiger partial charge in [-0.05, 0) is 49.4 Å². The molecule has 2 aromatic heterocycles. The van der Waals surface area contributed by atoms with Crippen molar-refractivity contribution in [2.45, 2.75) is 32.7 Å². The van der Waals surface area contributed by atoms with Gasteiger partial charge in [0, 0.05) is 70.4 Å². The monoisotopic (exact) mass is 460 g/mol. The van der Waals surface area contributed by atoms with Crippen molar-refractivity contribution >= 4 is 11.5 Å². The fourth-order valence-corrected chi connectivity index (χ4v) is 5.18. The molecular formula is C27H36N6O. The van der Waals surface area contributed by atoms with Crippen molar-refractivity contribution in [1.82, 2.24) is 19.7 Å². The molecule has 0 saturated carbocycles. The maximum absolute atomic E-state index is 9.48. The van der Waals surface area contributed by atoms with Crippen molar-refractivity contribution in [2.24, 2.45) is 5.92 Å². The van der Waals surface area contributed by atoms with Crippen LogP contribution < -0.4 is 9.80 Å². The van der Waals surface area contributed by atoms with Gasteiger partial charge in [0.15, 0.2) is 5.82 Å². The molecule has 0 unspecified atom stereocenters. The maximum atomic E-state index is 9.48. The third-order valence-corrected chi connectivity index (χ3v) is 7.28. The molecule has 3 aromatic rings. The molecule has 4 heterocycles. The molecule has 2 aliphatic rings. The minimum absolute atomic E-state index is 0.300. The van der Waals surface area contributed by atoms with E-state index in [1.165, 1.54) is 16.9 Å². The quantitative estimate of drug-likeness (QED) is 0.584. The maximum Gasteiger partial charge on any atom is 0.152 e. The first-order chi connectivity index (χ1) is 16.7. The normalized spacial score (nSPS) is 17.9. The van der Waals surface area contributed by atoms with E-state index in [0.717, 1.165) is 76.6 Å². The first-order valence-electron chi connectivity index (χ1n) is 12.7. The molecule has 0 aliphatic carbocycles. The fraction of sp³-hybridized carbons (Fsp3) is 0.481. The summed E-state index contributed by atoms with van der Waals surface area (Å²) in [6.45, 7) is 9.43. The molecule has 0 amide bonds. The smallest absolute Gasteiger partial charge is 0.152 e. The molecule has 7 heteroatoms. The number of aromatic nitrogens is 3. The number of anilines is 2. The number of hydrogen-bond donors (Lipinski definition) is 1.